The molecule has 0 spiro atoms. The average molecular weight is 378 g/mol. The Morgan fingerprint density at radius 3 is 2.61 bits per heavy atom. The predicted molar refractivity (Wildman–Crippen MR) is 100 cm³/mol. The number of aliphatic imine (C=N–C) groups is 1. The number of rotatable bonds is 2. The maximum atomic E-state index is 13.0. The first-order valence-corrected chi connectivity index (χ1v) is 8.34. The summed E-state index contributed by atoms with van der Waals surface area (Å²) in [5.41, 5.74) is 6.97. The van der Waals surface area contributed by atoms with Gasteiger partial charge < -0.3 is 0 Å². The van der Waals surface area contributed by atoms with E-state index in [4.69, 9.17) is 11.0 Å². The number of hydrogen-bond donors (Lipinski definition) is 1. The fraction of sp³-hybridized carbons (Fsp3) is 0.0952. The number of halogens is 3. The maximum Gasteiger partial charge on any atom is 0.416 e. The van der Waals surface area contributed by atoms with Crippen molar-refractivity contribution in [1.29, 1.82) is 5.26 Å². The highest BCUT2D eigenvalue weighted by atomic mass is 19.4. The van der Waals surface area contributed by atoms with E-state index in [-0.39, 0.29) is 0 Å². The Morgan fingerprint density at radius 1 is 1.07 bits per heavy atom. The molecule has 1 unspecified atom stereocenters. The molecule has 1 aliphatic rings. The smallest absolute Gasteiger partial charge is 0.300 e. The Balaban J connectivity index is 1.79. The lowest BCUT2D eigenvalue weighted by Gasteiger charge is -2.20. The van der Waals surface area contributed by atoms with Crippen LogP contribution in [-0.2, 0) is 11.8 Å². The number of nitrogens with two attached hydrogens (primary N) is 1. The third kappa shape index (κ3) is 3.04. The molecule has 2 N–H and O–H groups in total. The van der Waals surface area contributed by atoms with Gasteiger partial charge in [-0.05, 0) is 35.4 Å². The van der Waals surface area contributed by atoms with Crippen molar-refractivity contribution >= 4 is 22.7 Å². The minimum Gasteiger partial charge on any atom is -0.300 e. The summed E-state index contributed by atoms with van der Waals surface area (Å²) in [6, 6.07) is 14.1. The van der Waals surface area contributed by atoms with Crippen LogP contribution in [0.1, 0.15) is 22.3 Å². The van der Waals surface area contributed by atoms with E-state index in [2.05, 4.69) is 9.98 Å². The lowest BCUT2D eigenvalue weighted by Crippen LogP contribution is -2.31. The Morgan fingerprint density at radius 2 is 1.86 bits per heavy atom. The Bertz CT molecular complexity index is 1190. The van der Waals surface area contributed by atoms with Crippen LogP contribution in [0.2, 0.25) is 0 Å². The van der Waals surface area contributed by atoms with Crippen molar-refractivity contribution in [2.75, 3.05) is 0 Å². The van der Waals surface area contributed by atoms with Crippen LogP contribution in [0.4, 0.5) is 13.2 Å². The number of allylic oxidation sites excluding steroid dienone is 1. The Labute approximate surface area is 158 Å². The summed E-state index contributed by atoms with van der Waals surface area (Å²) in [7, 11) is 0. The fourth-order valence-electron chi connectivity index (χ4n) is 3.21. The highest BCUT2D eigenvalue weighted by Gasteiger charge is 2.33. The lowest BCUT2D eigenvalue weighted by molar-refractivity contribution is -0.137. The van der Waals surface area contributed by atoms with Gasteiger partial charge in [0.2, 0.25) is 0 Å². The minimum atomic E-state index is -4.43. The van der Waals surface area contributed by atoms with Gasteiger partial charge in [0, 0.05) is 23.4 Å². The van der Waals surface area contributed by atoms with E-state index in [1.54, 1.807) is 30.3 Å². The second-order valence-electron chi connectivity index (χ2n) is 6.47. The summed E-state index contributed by atoms with van der Waals surface area (Å²) in [5.74, 6) is 0. The monoisotopic (exact) mass is 378 g/mol. The van der Waals surface area contributed by atoms with E-state index in [0.29, 0.717) is 27.8 Å². The van der Waals surface area contributed by atoms with Gasteiger partial charge >= 0.3 is 6.18 Å². The Kier molecular flexibility index (Phi) is 4.02. The molecule has 1 atom stereocenters. The average Bonchev–Trinajstić information content (AvgIpc) is 3.10. The second kappa shape index (κ2) is 6.29. The number of alkyl halides is 3. The molecule has 2 heterocycles. The number of hydrogen-bond acceptors (Lipinski definition) is 4. The van der Waals surface area contributed by atoms with Gasteiger partial charge in [0.15, 0.2) is 5.66 Å². The van der Waals surface area contributed by atoms with Gasteiger partial charge in [0.25, 0.3) is 0 Å². The van der Waals surface area contributed by atoms with Gasteiger partial charge in [-0.3, -0.25) is 15.7 Å². The molecule has 0 bridgehead atoms. The van der Waals surface area contributed by atoms with Crippen molar-refractivity contribution in [1.82, 2.24) is 4.98 Å². The summed E-state index contributed by atoms with van der Waals surface area (Å²) in [6.07, 6.45) is 0.116. The molecule has 0 saturated heterocycles. The molecule has 2 aromatic carbocycles. The zero-order valence-electron chi connectivity index (χ0n) is 14.4. The quantitative estimate of drug-likeness (QED) is 0.718. The molecule has 138 valence electrons. The number of pyridine rings is 1. The van der Waals surface area contributed by atoms with Crippen LogP contribution in [0.25, 0.3) is 16.5 Å². The van der Waals surface area contributed by atoms with E-state index < -0.39 is 17.4 Å². The van der Waals surface area contributed by atoms with Gasteiger partial charge in [0.05, 0.1) is 16.6 Å². The predicted octanol–water partition coefficient (Wildman–Crippen LogP) is 4.40. The number of nitriles is 1. The lowest BCUT2D eigenvalue weighted by atomic mass is 9.95. The standard InChI is InChI=1S/C21H13F3N4/c22-21(23,24)17-5-1-3-14(8-17)16-9-20(26,28-12-16)18-6-2-4-15-7-13(10-25)11-27-19(15)18/h1-9,11-12H,26H2. The van der Waals surface area contributed by atoms with Crippen LogP contribution in [0.15, 0.2) is 65.8 Å². The second-order valence-corrected chi connectivity index (χ2v) is 6.47. The number of fused-ring (bicyclic) bond motifs is 1. The first kappa shape index (κ1) is 17.9. The van der Waals surface area contributed by atoms with Crippen molar-refractivity contribution in [3.05, 3.63) is 83.1 Å². The maximum absolute atomic E-state index is 13.0. The van der Waals surface area contributed by atoms with E-state index in [0.717, 1.165) is 17.5 Å². The van der Waals surface area contributed by atoms with Gasteiger partial charge in [-0.25, -0.2) is 0 Å². The molecule has 7 heteroatoms. The molecule has 4 nitrogen and oxygen atoms in total. The van der Waals surface area contributed by atoms with E-state index in [1.807, 2.05) is 12.1 Å². The molecule has 1 aliphatic heterocycles. The Hall–Kier alpha value is -3.50. The van der Waals surface area contributed by atoms with Gasteiger partial charge in [-0.1, -0.05) is 30.3 Å². The van der Waals surface area contributed by atoms with Crippen LogP contribution in [0.3, 0.4) is 0 Å². The van der Waals surface area contributed by atoms with Crippen molar-refractivity contribution in [2.45, 2.75) is 11.8 Å². The highest BCUT2D eigenvalue weighted by molar-refractivity contribution is 6.12. The largest absolute Gasteiger partial charge is 0.416 e. The number of aromatic nitrogens is 1. The van der Waals surface area contributed by atoms with Gasteiger partial charge in [0.1, 0.15) is 6.07 Å². The van der Waals surface area contributed by atoms with Crippen molar-refractivity contribution < 1.29 is 13.2 Å². The zero-order chi connectivity index (χ0) is 19.9. The van der Waals surface area contributed by atoms with Gasteiger partial charge in [-0.15, -0.1) is 0 Å². The van der Waals surface area contributed by atoms with E-state index in [1.165, 1.54) is 18.5 Å². The molecule has 0 fully saturated rings. The molecule has 0 amide bonds. The number of para-hydroxylation sites is 1. The molecule has 28 heavy (non-hydrogen) atoms. The number of nitrogens with zero attached hydrogens (tertiary/aromatic N) is 3. The normalized spacial score (nSPS) is 18.9. The first-order valence-electron chi connectivity index (χ1n) is 8.34. The SMILES string of the molecule is N#Cc1cnc2c(C3(N)C=C(c4cccc(C(F)(F)F)c4)C=N3)cccc2c1. The van der Waals surface area contributed by atoms with Crippen LogP contribution in [0, 0.1) is 11.3 Å². The molecule has 4 rings (SSSR count). The fourth-order valence-corrected chi connectivity index (χ4v) is 3.21. The first-order chi connectivity index (χ1) is 13.3. The number of benzene rings is 2. The van der Waals surface area contributed by atoms with Gasteiger partial charge in [-0.2, -0.15) is 18.4 Å². The molecule has 0 saturated carbocycles. The summed E-state index contributed by atoms with van der Waals surface area (Å²) >= 11 is 0. The van der Waals surface area contributed by atoms with Crippen molar-refractivity contribution in [2.24, 2.45) is 10.7 Å². The van der Waals surface area contributed by atoms with Crippen LogP contribution >= 0.6 is 0 Å². The van der Waals surface area contributed by atoms with E-state index in [9.17, 15) is 13.2 Å². The van der Waals surface area contributed by atoms with Crippen LogP contribution in [0.5, 0.6) is 0 Å². The van der Waals surface area contributed by atoms with E-state index >= 15 is 0 Å². The molecular formula is C21H13F3N4. The summed E-state index contributed by atoms with van der Waals surface area (Å²) in [5, 5.41) is 9.77. The van der Waals surface area contributed by atoms with Crippen LogP contribution in [-0.4, -0.2) is 11.2 Å². The topological polar surface area (TPSA) is 75.1 Å². The summed E-state index contributed by atoms with van der Waals surface area (Å²) in [4.78, 5) is 8.69. The molecule has 3 aromatic rings. The van der Waals surface area contributed by atoms with Crippen molar-refractivity contribution in [3.63, 3.8) is 0 Å². The van der Waals surface area contributed by atoms with Crippen LogP contribution < -0.4 is 5.73 Å². The molecule has 1 aromatic heterocycles. The molecule has 0 aliphatic carbocycles. The third-order valence-corrected chi connectivity index (χ3v) is 4.59. The third-order valence-electron chi connectivity index (χ3n) is 4.59. The minimum absolute atomic E-state index is 0.380. The van der Waals surface area contributed by atoms with Crippen molar-refractivity contribution in [3.8, 4) is 6.07 Å². The highest BCUT2D eigenvalue weighted by Crippen LogP contribution is 2.36. The molecule has 0 radical (unpaired) electrons. The molecular weight excluding hydrogens is 365 g/mol. The summed E-state index contributed by atoms with van der Waals surface area (Å²) < 4.78 is 39.0. The summed E-state index contributed by atoms with van der Waals surface area (Å²) in [6.45, 7) is 0. The zero-order valence-corrected chi connectivity index (χ0v) is 14.4.